The number of anilines is 2. The third-order valence-electron chi connectivity index (χ3n) is 4.58. The topological polar surface area (TPSA) is 103 Å². The molecule has 0 aromatic heterocycles. The van der Waals surface area contributed by atoms with Crippen molar-refractivity contribution < 1.29 is 28.6 Å². The maximum absolute atomic E-state index is 12.2. The van der Waals surface area contributed by atoms with Crippen molar-refractivity contribution in [2.24, 2.45) is 0 Å². The van der Waals surface area contributed by atoms with E-state index < -0.39 is 18.5 Å². The second-order valence-corrected chi connectivity index (χ2v) is 7.92. The van der Waals surface area contributed by atoms with E-state index in [2.05, 4.69) is 10.6 Å². The Balaban J connectivity index is 1.39. The zero-order chi connectivity index (χ0) is 25.2. The minimum Gasteiger partial charge on any atom is -0.493 e. The Morgan fingerprint density at radius 3 is 2.23 bits per heavy atom. The van der Waals surface area contributed by atoms with E-state index in [-0.39, 0.29) is 28.8 Å². The fraction of sp³-hybridized carbons (Fsp3) is 0.160. The number of para-hydroxylation sites is 2. The summed E-state index contributed by atoms with van der Waals surface area (Å²) in [6.07, 6.45) is -0.300. The van der Waals surface area contributed by atoms with Gasteiger partial charge in [-0.1, -0.05) is 41.4 Å². The first-order valence-corrected chi connectivity index (χ1v) is 11.2. The summed E-state index contributed by atoms with van der Waals surface area (Å²) in [6, 6.07) is 18.7. The Morgan fingerprint density at radius 2 is 1.51 bits per heavy atom. The molecule has 0 aliphatic heterocycles. The highest BCUT2D eigenvalue weighted by Gasteiger charge is 2.13. The Bertz CT molecular complexity index is 1200. The third-order valence-corrected chi connectivity index (χ3v) is 5.40. The molecule has 0 heterocycles. The summed E-state index contributed by atoms with van der Waals surface area (Å²) in [7, 11) is 1.56. The van der Waals surface area contributed by atoms with Gasteiger partial charge in [0.2, 0.25) is 5.91 Å². The predicted octanol–water partition coefficient (Wildman–Crippen LogP) is 5.69. The van der Waals surface area contributed by atoms with Crippen molar-refractivity contribution in [3.63, 3.8) is 0 Å². The van der Waals surface area contributed by atoms with Crippen LogP contribution in [0.15, 0.2) is 66.7 Å². The molecule has 0 atom stereocenters. The molecule has 2 amide bonds. The van der Waals surface area contributed by atoms with Gasteiger partial charge in [0.1, 0.15) is 5.75 Å². The lowest BCUT2D eigenvalue weighted by Crippen LogP contribution is -2.22. The number of benzene rings is 3. The lowest BCUT2D eigenvalue weighted by atomic mass is 10.2. The molecule has 182 valence electrons. The molecule has 0 saturated carbocycles. The number of nitrogens with one attached hydrogen (secondary N) is 2. The normalized spacial score (nSPS) is 10.3. The second kappa shape index (κ2) is 12.6. The van der Waals surface area contributed by atoms with Crippen LogP contribution in [0, 0.1) is 0 Å². The fourth-order valence-electron chi connectivity index (χ4n) is 2.88. The van der Waals surface area contributed by atoms with Crippen LogP contribution in [0.1, 0.15) is 12.8 Å². The molecular weight excluding hydrogens is 495 g/mol. The van der Waals surface area contributed by atoms with E-state index in [1.807, 2.05) is 12.1 Å². The number of hydrogen-bond acceptors (Lipinski definition) is 6. The summed E-state index contributed by atoms with van der Waals surface area (Å²) in [4.78, 5) is 36.0. The quantitative estimate of drug-likeness (QED) is 0.335. The smallest absolute Gasteiger partial charge is 0.306 e. The van der Waals surface area contributed by atoms with Crippen molar-refractivity contribution in [2.45, 2.75) is 12.8 Å². The van der Waals surface area contributed by atoms with Crippen LogP contribution in [0.2, 0.25) is 10.0 Å². The number of hydrogen-bond donors (Lipinski definition) is 2. The van der Waals surface area contributed by atoms with Crippen LogP contribution >= 0.6 is 23.2 Å². The van der Waals surface area contributed by atoms with Gasteiger partial charge in [-0.25, -0.2) is 0 Å². The van der Waals surface area contributed by atoms with Crippen LogP contribution in [0.25, 0.3) is 0 Å². The van der Waals surface area contributed by atoms with Gasteiger partial charge in [0, 0.05) is 12.1 Å². The molecule has 2 N–H and O–H groups in total. The van der Waals surface area contributed by atoms with E-state index in [9.17, 15) is 14.4 Å². The molecule has 3 rings (SSSR count). The summed E-state index contributed by atoms with van der Waals surface area (Å²) >= 11 is 11.9. The molecule has 0 unspecified atom stereocenters. The molecular formula is C25H22Cl2N2O6. The van der Waals surface area contributed by atoms with Gasteiger partial charge >= 0.3 is 5.97 Å². The number of methoxy groups -OCH3 is 1. The fourth-order valence-corrected chi connectivity index (χ4v) is 3.23. The molecule has 10 heteroatoms. The molecule has 0 aliphatic rings. The highest BCUT2D eigenvalue weighted by atomic mass is 35.5. The number of ether oxygens (including phenoxy) is 3. The van der Waals surface area contributed by atoms with Gasteiger partial charge in [0.25, 0.3) is 5.91 Å². The molecule has 35 heavy (non-hydrogen) atoms. The monoisotopic (exact) mass is 516 g/mol. The summed E-state index contributed by atoms with van der Waals surface area (Å²) < 4.78 is 15.9. The van der Waals surface area contributed by atoms with Crippen LogP contribution in [0.4, 0.5) is 11.4 Å². The van der Waals surface area contributed by atoms with Crippen molar-refractivity contribution in [1.82, 2.24) is 0 Å². The molecule has 0 aliphatic carbocycles. The van der Waals surface area contributed by atoms with E-state index in [1.165, 1.54) is 0 Å². The number of carbonyl (C=O) groups excluding carboxylic acids is 3. The molecule has 0 bridgehead atoms. The predicted molar refractivity (Wildman–Crippen MR) is 133 cm³/mol. The van der Waals surface area contributed by atoms with E-state index in [4.69, 9.17) is 37.4 Å². The van der Waals surface area contributed by atoms with Crippen LogP contribution in [0.5, 0.6) is 17.2 Å². The maximum atomic E-state index is 12.2. The Hall–Kier alpha value is -3.75. The minimum absolute atomic E-state index is 0.111. The highest BCUT2D eigenvalue weighted by Crippen LogP contribution is 2.31. The third kappa shape index (κ3) is 7.91. The van der Waals surface area contributed by atoms with Gasteiger partial charge in [-0.3, -0.25) is 14.4 Å². The Kier molecular flexibility index (Phi) is 9.34. The van der Waals surface area contributed by atoms with Crippen LogP contribution < -0.4 is 20.1 Å². The highest BCUT2D eigenvalue weighted by molar-refractivity contribution is 6.44. The first-order chi connectivity index (χ1) is 16.9. The largest absolute Gasteiger partial charge is 0.493 e. The standard InChI is InChI=1S/C25H22Cl2N2O6/c1-33-20-7-2-3-8-21(20)35-17-11-9-16(10-12-17)28-22(30)13-14-24(32)34-15-23(31)29-19-6-4-5-18(26)25(19)27/h2-12H,13-15H2,1H3,(H,28,30)(H,29,31). The van der Waals surface area contributed by atoms with Crippen LogP contribution in [0.3, 0.4) is 0 Å². The number of esters is 1. The van der Waals surface area contributed by atoms with E-state index >= 15 is 0 Å². The minimum atomic E-state index is -0.687. The van der Waals surface area contributed by atoms with Gasteiger partial charge in [0.05, 0.1) is 29.3 Å². The van der Waals surface area contributed by atoms with Crippen LogP contribution in [-0.4, -0.2) is 31.5 Å². The van der Waals surface area contributed by atoms with Gasteiger partial charge in [0.15, 0.2) is 18.1 Å². The number of rotatable bonds is 10. The average Bonchev–Trinajstić information content (AvgIpc) is 2.86. The van der Waals surface area contributed by atoms with Crippen molar-refractivity contribution in [3.8, 4) is 17.2 Å². The van der Waals surface area contributed by atoms with Crippen molar-refractivity contribution in [2.75, 3.05) is 24.4 Å². The number of carbonyl (C=O) groups is 3. The lowest BCUT2D eigenvalue weighted by molar-refractivity contribution is -0.147. The maximum Gasteiger partial charge on any atom is 0.306 e. The Morgan fingerprint density at radius 1 is 0.800 bits per heavy atom. The zero-order valence-corrected chi connectivity index (χ0v) is 20.2. The molecule has 0 spiro atoms. The summed E-state index contributed by atoms with van der Waals surface area (Å²) in [5, 5.41) is 5.66. The SMILES string of the molecule is COc1ccccc1Oc1ccc(NC(=O)CCC(=O)OCC(=O)Nc2cccc(Cl)c2Cl)cc1. The summed E-state index contributed by atoms with van der Waals surface area (Å²) in [5.41, 5.74) is 0.840. The second-order valence-electron chi connectivity index (χ2n) is 7.14. The molecule has 0 fully saturated rings. The molecule has 0 radical (unpaired) electrons. The first-order valence-electron chi connectivity index (χ1n) is 10.5. The van der Waals surface area contributed by atoms with Crippen molar-refractivity contribution in [1.29, 1.82) is 0 Å². The average molecular weight is 517 g/mol. The van der Waals surface area contributed by atoms with Gasteiger partial charge in [-0.05, 0) is 48.5 Å². The molecule has 0 saturated heterocycles. The van der Waals surface area contributed by atoms with E-state index in [0.29, 0.717) is 28.6 Å². The van der Waals surface area contributed by atoms with Gasteiger partial charge < -0.3 is 24.8 Å². The van der Waals surface area contributed by atoms with Crippen LogP contribution in [-0.2, 0) is 19.1 Å². The zero-order valence-electron chi connectivity index (χ0n) is 18.7. The molecule has 3 aromatic rings. The van der Waals surface area contributed by atoms with E-state index in [1.54, 1.807) is 61.7 Å². The number of amides is 2. The lowest BCUT2D eigenvalue weighted by Gasteiger charge is -2.11. The van der Waals surface area contributed by atoms with Crippen molar-refractivity contribution in [3.05, 3.63) is 76.8 Å². The van der Waals surface area contributed by atoms with Gasteiger partial charge in [-0.2, -0.15) is 0 Å². The van der Waals surface area contributed by atoms with Gasteiger partial charge in [-0.15, -0.1) is 0 Å². The molecule has 3 aromatic carbocycles. The first kappa shape index (κ1) is 25.9. The van der Waals surface area contributed by atoms with Crippen molar-refractivity contribution >= 4 is 52.4 Å². The summed E-state index contributed by atoms with van der Waals surface area (Å²) in [5.74, 6) is 0.0801. The summed E-state index contributed by atoms with van der Waals surface area (Å²) in [6.45, 7) is -0.517. The van der Waals surface area contributed by atoms with E-state index in [0.717, 1.165) is 0 Å². The molecule has 8 nitrogen and oxygen atoms in total. The number of halogens is 2. The Labute approximate surface area is 212 Å².